The first kappa shape index (κ1) is 11.7. The van der Waals surface area contributed by atoms with Crippen molar-refractivity contribution in [3.63, 3.8) is 0 Å². The second kappa shape index (κ2) is 4.21. The number of amides is 1. The van der Waals surface area contributed by atoms with E-state index in [1.807, 2.05) is 0 Å². The average molecular weight is 234 g/mol. The molecule has 90 valence electrons. The fourth-order valence-corrected chi connectivity index (χ4v) is 1.49. The maximum atomic E-state index is 11.6. The van der Waals surface area contributed by atoms with Gasteiger partial charge in [0.1, 0.15) is 23.7 Å². The van der Waals surface area contributed by atoms with Gasteiger partial charge in [-0.1, -0.05) is 20.4 Å². The molecule has 1 fully saturated rings. The SMILES string of the molecule is C=C1C(NC(=O)C(C)C)=NC=C(N=N)C2O[C@@H]12. The van der Waals surface area contributed by atoms with Crippen LogP contribution in [0.5, 0.6) is 0 Å². The number of rotatable bonds is 2. The molecule has 0 aliphatic carbocycles. The average Bonchev–Trinajstić information content (AvgIpc) is 3.06. The van der Waals surface area contributed by atoms with Crippen LogP contribution in [0.3, 0.4) is 0 Å². The number of aliphatic imine (C=N–C) groups is 1. The third kappa shape index (κ3) is 2.16. The summed E-state index contributed by atoms with van der Waals surface area (Å²) >= 11 is 0. The number of carbonyl (C=O) groups is 1. The predicted molar refractivity (Wildman–Crippen MR) is 61.4 cm³/mol. The van der Waals surface area contributed by atoms with E-state index in [9.17, 15) is 4.79 Å². The van der Waals surface area contributed by atoms with Crippen molar-refractivity contribution in [2.75, 3.05) is 0 Å². The molecule has 2 atom stereocenters. The van der Waals surface area contributed by atoms with Crippen molar-refractivity contribution in [2.24, 2.45) is 16.0 Å². The minimum absolute atomic E-state index is 0.123. The summed E-state index contributed by atoms with van der Waals surface area (Å²) in [6, 6.07) is 0. The smallest absolute Gasteiger partial charge is 0.228 e. The molecule has 0 aromatic carbocycles. The number of amidine groups is 1. The fourth-order valence-electron chi connectivity index (χ4n) is 1.49. The first-order chi connectivity index (χ1) is 8.04. The Bertz CT molecular complexity index is 450. The minimum Gasteiger partial charge on any atom is -0.357 e. The van der Waals surface area contributed by atoms with Crippen molar-refractivity contribution in [1.29, 1.82) is 5.53 Å². The van der Waals surface area contributed by atoms with E-state index in [0.717, 1.165) is 0 Å². The molecular weight excluding hydrogens is 220 g/mol. The number of hydrogen-bond acceptors (Lipinski definition) is 5. The molecule has 0 saturated carbocycles. The number of carbonyl (C=O) groups excluding carboxylic acids is 1. The molecule has 17 heavy (non-hydrogen) atoms. The van der Waals surface area contributed by atoms with Crippen molar-refractivity contribution in [3.05, 3.63) is 24.0 Å². The molecule has 0 radical (unpaired) electrons. The predicted octanol–water partition coefficient (Wildman–Crippen LogP) is 1.37. The van der Waals surface area contributed by atoms with Crippen LogP contribution in [0.2, 0.25) is 0 Å². The second-order valence-corrected chi connectivity index (χ2v) is 4.29. The molecule has 2 heterocycles. The lowest BCUT2D eigenvalue weighted by Crippen LogP contribution is -2.35. The van der Waals surface area contributed by atoms with Crippen LogP contribution in [0.4, 0.5) is 0 Å². The van der Waals surface area contributed by atoms with E-state index >= 15 is 0 Å². The Balaban J connectivity index is 2.18. The monoisotopic (exact) mass is 234 g/mol. The van der Waals surface area contributed by atoms with Crippen molar-refractivity contribution in [2.45, 2.75) is 26.1 Å². The highest BCUT2D eigenvalue weighted by molar-refractivity contribution is 6.09. The fraction of sp³-hybridized carbons (Fsp3) is 0.455. The van der Waals surface area contributed by atoms with E-state index in [2.05, 4.69) is 22.0 Å². The van der Waals surface area contributed by atoms with Crippen LogP contribution in [0.1, 0.15) is 13.8 Å². The Morgan fingerprint density at radius 2 is 2.35 bits per heavy atom. The zero-order valence-corrected chi connectivity index (χ0v) is 9.73. The van der Waals surface area contributed by atoms with E-state index in [4.69, 9.17) is 10.3 Å². The summed E-state index contributed by atoms with van der Waals surface area (Å²) in [7, 11) is 0. The van der Waals surface area contributed by atoms with Crippen molar-refractivity contribution >= 4 is 11.7 Å². The molecule has 0 aromatic heterocycles. The van der Waals surface area contributed by atoms with Gasteiger partial charge in [0.2, 0.25) is 5.91 Å². The highest BCUT2D eigenvalue weighted by Gasteiger charge is 2.47. The summed E-state index contributed by atoms with van der Waals surface area (Å²) in [6.07, 6.45) is 0.979. The van der Waals surface area contributed by atoms with Crippen LogP contribution in [-0.2, 0) is 9.53 Å². The third-order valence-electron chi connectivity index (χ3n) is 2.65. The van der Waals surface area contributed by atoms with Gasteiger partial charge in [-0.05, 0) is 0 Å². The first-order valence-electron chi connectivity index (χ1n) is 5.35. The highest BCUT2D eigenvalue weighted by atomic mass is 16.6. The number of nitrogens with zero attached hydrogens (tertiary/aromatic N) is 2. The molecule has 2 rings (SSSR count). The van der Waals surface area contributed by atoms with Crippen LogP contribution < -0.4 is 5.32 Å². The van der Waals surface area contributed by atoms with Crippen molar-refractivity contribution < 1.29 is 9.53 Å². The Labute approximate surface area is 99.0 Å². The lowest BCUT2D eigenvalue weighted by atomic mass is 10.1. The van der Waals surface area contributed by atoms with Crippen LogP contribution >= 0.6 is 0 Å². The standard InChI is InChI=1S/C11H14N4O2/c1-5(2)11(16)14-10-6(3)8-9(17-8)7(15-12)4-13-10/h4-5,8-9,12H,3H2,1-2H3,(H,13,14,16)/t8-,9?/m0/s1. The molecule has 2 aliphatic heterocycles. The number of ether oxygens (including phenoxy) is 1. The Morgan fingerprint density at radius 1 is 1.65 bits per heavy atom. The first-order valence-corrected chi connectivity index (χ1v) is 5.35. The van der Waals surface area contributed by atoms with Crippen LogP contribution in [0.15, 0.2) is 34.2 Å². The lowest BCUT2D eigenvalue weighted by molar-refractivity contribution is -0.122. The minimum atomic E-state index is -0.239. The maximum Gasteiger partial charge on any atom is 0.228 e. The summed E-state index contributed by atoms with van der Waals surface area (Å²) in [5.41, 5.74) is 8.06. The third-order valence-corrected chi connectivity index (χ3v) is 2.65. The largest absolute Gasteiger partial charge is 0.357 e. The Morgan fingerprint density at radius 3 is 2.94 bits per heavy atom. The van der Waals surface area contributed by atoms with Crippen LogP contribution in [0, 0.1) is 11.4 Å². The molecule has 2 aliphatic rings. The zero-order chi connectivity index (χ0) is 12.6. The van der Waals surface area contributed by atoms with Gasteiger partial charge >= 0.3 is 0 Å². The van der Waals surface area contributed by atoms with Gasteiger partial charge in [0.15, 0.2) is 0 Å². The summed E-state index contributed by atoms with van der Waals surface area (Å²) in [5, 5.41) is 6.03. The molecule has 1 saturated heterocycles. The molecule has 1 amide bonds. The summed E-state index contributed by atoms with van der Waals surface area (Å²) in [5.74, 6) is 0.144. The van der Waals surface area contributed by atoms with Gasteiger partial charge in [-0.25, -0.2) is 10.5 Å². The van der Waals surface area contributed by atoms with E-state index in [1.54, 1.807) is 13.8 Å². The molecule has 1 unspecified atom stereocenters. The van der Waals surface area contributed by atoms with Crippen LogP contribution in [-0.4, -0.2) is 24.0 Å². The Hall–Kier alpha value is -1.82. The molecular formula is C11H14N4O2. The molecule has 0 bridgehead atoms. The zero-order valence-electron chi connectivity index (χ0n) is 9.73. The number of epoxide rings is 1. The van der Waals surface area contributed by atoms with E-state index in [-0.39, 0.29) is 24.0 Å². The lowest BCUT2D eigenvalue weighted by Gasteiger charge is -2.10. The maximum absolute atomic E-state index is 11.6. The van der Waals surface area contributed by atoms with Gasteiger partial charge in [-0.15, -0.1) is 0 Å². The number of nitrogens with one attached hydrogen (secondary N) is 2. The van der Waals surface area contributed by atoms with Crippen molar-refractivity contribution in [3.8, 4) is 0 Å². The van der Waals surface area contributed by atoms with Gasteiger partial charge in [0.25, 0.3) is 0 Å². The summed E-state index contributed by atoms with van der Waals surface area (Å²) in [6.45, 7) is 7.45. The van der Waals surface area contributed by atoms with E-state index in [1.165, 1.54) is 6.20 Å². The Kier molecular flexibility index (Phi) is 2.89. The summed E-state index contributed by atoms with van der Waals surface area (Å²) < 4.78 is 5.33. The highest BCUT2D eigenvalue weighted by Crippen LogP contribution is 2.36. The number of hydrogen-bond donors (Lipinski definition) is 2. The van der Waals surface area contributed by atoms with Gasteiger partial charge in [0.05, 0.1) is 6.20 Å². The van der Waals surface area contributed by atoms with Gasteiger partial charge in [0, 0.05) is 11.5 Å². The van der Waals surface area contributed by atoms with E-state index < -0.39 is 0 Å². The van der Waals surface area contributed by atoms with Crippen LogP contribution in [0.25, 0.3) is 0 Å². The molecule has 0 aromatic rings. The van der Waals surface area contributed by atoms with Gasteiger partial charge in [-0.2, -0.15) is 5.11 Å². The topological polar surface area (TPSA) is 90.2 Å². The number of fused-ring (bicyclic) bond motifs is 1. The summed E-state index contributed by atoms with van der Waals surface area (Å²) in [4.78, 5) is 15.7. The normalized spacial score (nSPS) is 26.6. The molecule has 6 heteroatoms. The molecule has 6 nitrogen and oxygen atoms in total. The van der Waals surface area contributed by atoms with Crippen molar-refractivity contribution in [1.82, 2.24) is 5.32 Å². The molecule has 2 N–H and O–H groups in total. The quantitative estimate of drug-likeness (QED) is 0.558. The van der Waals surface area contributed by atoms with Gasteiger partial charge < -0.3 is 10.1 Å². The van der Waals surface area contributed by atoms with E-state index in [0.29, 0.717) is 17.1 Å². The second-order valence-electron chi connectivity index (χ2n) is 4.29. The molecule has 0 spiro atoms. The van der Waals surface area contributed by atoms with Gasteiger partial charge in [-0.3, -0.25) is 4.79 Å².